The van der Waals surface area contributed by atoms with Crippen molar-refractivity contribution < 1.29 is 19.0 Å². The number of piperidine rings is 1. The van der Waals surface area contributed by atoms with Crippen LogP contribution >= 0.6 is 0 Å². The number of urea groups is 1. The Kier molecular flexibility index (Phi) is 4.77. The number of likely N-dealkylation sites (tertiary alicyclic amines) is 1. The Labute approximate surface area is 152 Å². The minimum atomic E-state index is -0.481. The summed E-state index contributed by atoms with van der Waals surface area (Å²) < 4.78 is 17.3. The molecule has 0 saturated carbocycles. The van der Waals surface area contributed by atoms with Crippen molar-refractivity contribution in [3.05, 3.63) is 54.6 Å². The second-order valence-electron chi connectivity index (χ2n) is 6.44. The summed E-state index contributed by atoms with van der Waals surface area (Å²) >= 11 is 0. The van der Waals surface area contributed by atoms with Crippen molar-refractivity contribution in [1.29, 1.82) is 0 Å². The number of ether oxygens (including phenoxy) is 3. The number of nitrogens with zero attached hydrogens (tertiary/aromatic N) is 1. The molecule has 2 aliphatic heterocycles. The molecule has 2 fully saturated rings. The second kappa shape index (κ2) is 7.35. The Balaban J connectivity index is 1.40. The Morgan fingerprint density at radius 1 is 0.962 bits per heavy atom. The zero-order valence-electron chi connectivity index (χ0n) is 14.5. The minimum absolute atomic E-state index is 0.137. The van der Waals surface area contributed by atoms with Crippen molar-refractivity contribution in [2.24, 2.45) is 0 Å². The van der Waals surface area contributed by atoms with Gasteiger partial charge in [-0.05, 0) is 24.3 Å². The van der Waals surface area contributed by atoms with E-state index in [1.807, 2.05) is 54.6 Å². The molecule has 4 rings (SSSR count). The molecule has 2 heterocycles. The van der Waals surface area contributed by atoms with Crippen LogP contribution in [0.4, 0.5) is 10.5 Å². The molecule has 6 heteroatoms. The summed E-state index contributed by atoms with van der Waals surface area (Å²) in [6.45, 7) is 2.48. The maximum absolute atomic E-state index is 12.7. The van der Waals surface area contributed by atoms with Gasteiger partial charge in [-0.3, -0.25) is 0 Å². The van der Waals surface area contributed by atoms with Gasteiger partial charge in [-0.25, -0.2) is 4.79 Å². The first-order valence-electron chi connectivity index (χ1n) is 8.90. The normalized spacial score (nSPS) is 18.7. The van der Waals surface area contributed by atoms with Gasteiger partial charge in [0.2, 0.25) is 0 Å². The summed E-state index contributed by atoms with van der Waals surface area (Å²) in [7, 11) is 0. The number of para-hydroxylation sites is 3. The molecule has 0 atom stereocenters. The molecule has 0 unspecified atom stereocenters. The number of nitrogens with one attached hydrogen (secondary N) is 1. The first kappa shape index (κ1) is 16.9. The first-order valence-corrected chi connectivity index (χ1v) is 8.90. The lowest BCUT2D eigenvalue weighted by Crippen LogP contribution is -2.48. The molecule has 0 radical (unpaired) electrons. The van der Waals surface area contributed by atoms with E-state index in [-0.39, 0.29) is 6.03 Å². The van der Waals surface area contributed by atoms with Crippen LogP contribution in [0.1, 0.15) is 12.8 Å². The average Bonchev–Trinajstić information content (AvgIpc) is 3.13. The van der Waals surface area contributed by atoms with Crippen molar-refractivity contribution >= 4 is 11.7 Å². The van der Waals surface area contributed by atoms with Crippen LogP contribution in [0.5, 0.6) is 11.5 Å². The lowest BCUT2D eigenvalue weighted by atomic mass is 10.0. The maximum Gasteiger partial charge on any atom is 0.321 e. The van der Waals surface area contributed by atoms with Crippen molar-refractivity contribution in [2.45, 2.75) is 18.6 Å². The molecule has 1 N–H and O–H groups in total. The molecular weight excluding hydrogens is 332 g/mol. The number of hydrogen-bond donors (Lipinski definition) is 1. The Hall–Kier alpha value is -2.57. The SMILES string of the molecule is O=C(Nc1ccccc1Oc1ccccc1)N1CCC2(CC1)OCCO2. The summed E-state index contributed by atoms with van der Waals surface area (Å²) in [5.41, 5.74) is 0.648. The molecule has 2 aliphatic rings. The predicted molar refractivity (Wildman–Crippen MR) is 97.4 cm³/mol. The van der Waals surface area contributed by atoms with Crippen LogP contribution in [0.15, 0.2) is 54.6 Å². The average molecular weight is 354 g/mol. The number of anilines is 1. The Bertz CT molecular complexity index is 749. The zero-order valence-corrected chi connectivity index (χ0v) is 14.5. The van der Waals surface area contributed by atoms with E-state index in [4.69, 9.17) is 14.2 Å². The van der Waals surface area contributed by atoms with Crippen LogP contribution in [-0.2, 0) is 9.47 Å². The summed E-state index contributed by atoms with van der Waals surface area (Å²) in [6, 6.07) is 16.8. The Morgan fingerprint density at radius 3 is 2.35 bits per heavy atom. The molecule has 2 aromatic rings. The molecule has 0 bridgehead atoms. The van der Waals surface area contributed by atoms with Crippen LogP contribution < -0.4 is 10.1 Å². The fraction of sp³-hybridized carbons (Fsp3) is 0.350. The van der Waals surface area contributed by atoms with E-state index in [1.165, 1.54) is 0 Å². The van der Waals surface area contributed by atoms with Crippen molar-refractivity contribution in [2.75, 3.05) is 31.6 Å². The highest BCUT2D eigenvalue weighted by atomic mass is 16.7. The van der Waals surface area contributed by atoms with Gasteiger partial charge in [-0.1, -0.05) is 30.3 Å². The number of benzene rings is 2. The number of amides is 2. The molecule has 136 valence electrons. The topological polar surface area (TPSA) is 60.0 Å². The monoisotopic (exact) mass is 354 g/mol. The van der Waals surface area contributed by atoms with Crippen LogP contribution in [0, 0.1) is 0 Å². The van der Waals surface area contributed by atoms with Gasteiger partial charge in [-0.2, -0.15) is 0 Å². The maximum atomic E-state index is 12.7. The molecular formula is C20H22N2O4. The van der Waals surface area contributed by atoms with Crippen LogP contribution in [0.25, 0.3) is 0 Å². The fourth-order valence-corrected chi connectivity index (χ4v) is 3.30. The van der Waals surface area contributed by atoms with Gasteiger partial charge >= 0.3 is 6.03 Å². The lowest BCUT2D eigenvalue weighted by Gasteiger charge is -2.37. The second-order valence-corrected chi connectivity index (χ2v) is 6.44. The molecule has 1 spiro atoms. The standard InChI is InChI=1S/C20H22N2O4/c23-19(22-12-10-20(11-13-22)24-14-15-25-20)21-17-8-4-5-9-18(17)26-16-6-2-1-3-7-16/h1-9H,10-15H2,(H,21,23). The molecule has 0 aliphatic carbocycles. The van der Waals surface area contributed by atoms with E-state index in [1.54, 1.807) is 4.90 Å². The number of carbonyl (C=O) groups excluding carboxylic acids is 1. The molecule has 2 amide bonds. The smallest absolute Gasteiger partial charge is 0.321 e. The van der Waals surface area contributed by atoms with E-state index in [0.29, 0.717) is 50.6 Å². The van der Waals surface area contributed by atoms with Gasteiger partial charge in [0.1, 0.15) is 5.75 Å². The zero-order chi connectivity index (χ0) is 17.8. The van der Waals surface area contributed by atoms with Crippen LogP contribution in [0.2, 0.25) is 0 Å². The number of hydrogen-bond acceptors (Lipinski definition) is 4. The molecule has 2 aromatic carbocycles. The highest BCUT2D eigenvalue weighted by Gasteiger charge is 2.40. The van der Waals surface area contributed by atoms with Crippen LogP contribution in [0.3, 0.4) is 0 Å². The van der Waals surface area contributed by atoms with E-state index >= 15 is 0 Å². The van der Waals surface area contributed by atoms with Gasteiger partial charge in [-0.15, -0.1) is 0 Å². The third kappa shape index (κ3) is 3.66. The van der Waals surface area contributed by atoms with Crippen molar-refractivity contribution in [3.8, 4) is 11.5 Å². The number of rotatable bonds is 3. The molecule has 26 heavy (non-hydrogen) atoms. The highest BCUT2D eigenvalue weighted by molar-refractivity contribution is 5.91. The summed E-state index contributed by atoms with van der Waals surface area (Å²) in [6.07, 6.45) is 1.39. The van der Waals surface area contributed by atoms with E-state index in [2.05, 4.69) is 5.32 Å². The quantitative estimate of drug-likeness (QED) is 0.909. The minimum Gasteiger partial charge on any atom is -0.455 e. The van der Waals surface area contributed by atoms with Gasteiger partial charge < -0.3 is 24.4 Å². The number of carbonyl (C=O) groups is 1. The van der Waals surface area contributed by atoms with E-state index in [0.717, 1.165) is 5.75 Å². The first-order chi connectivity index (χ1) is 12.7. The van der Waals surface area contributed by atoms with Gasteiger partial charge in [0.15, 0.2) is 11.5 Å². The summed E-state index contributed by atoms with van der Waals surface area (Å²) in [5.74, 6) is 0.859. The largest absolute Gasteiger partial charge is 0.455 e. The summed E-state index contributed by atoms with van der Waals surface area (Å²) in [4.78, 5) is 14.4. The molecule has 0 aromatic heterocycles. The van der Waals surface area contributed by atoms with Gasteiger partial charge in [0, 0.05) is 25.9 Å². The predicted octanol–water partition coefficient (Wildman–Crippen LogP) is 3.85. The van der Waals surface area contributed by atoms with Crippen molar-refractivity contribution in [1.82, 2.24) is 4.90 Å². The van der Waals surface area contributed by atoms with E-state index < -0.39 is 5.79 Å². The third-order valence-electron chi connectivity index (χ3n) is 4.73. The third-order valence-corrected chi connectivity index (χ3v) is 4.73. The van der Waals surface area contributed by atoms with Gasteiger partial charge in [0.25, 0.3) is 0 Å². The fourth-order valence-electron chi connectivity index (χ4n) is 3.30. The summed E-state index contributed by atoms with van der Waals surface area (Å²) in [5, 5.41) is 2.96. The highest BCUT2D eigenvalue weighted by Crippen LogP contribution is 2.32. The van der Waals surface area contributed by atoms with Crippen molar-refractivity contribution in [3.63, 3.8) is 0 Å². The van der Waals surface area contributed by atoms with E-state index in [9.17, 15) is 4.79 Å². The van der Waals surface area contributed by atoms with Gasteiger partial charge in [0.05, 0.1) is 18.9 Å². The Morgan fingerprint density at radius 2 is 1.62 bits per heavy atom. The van der Waals surface area contributed by atoms with Crippen LogP contribution in [-0.4, -0.2) is 43.0 Å². The molecule has 2 saturated heterocycles. The lowest BCUT2D eigenvalue weighted by molar-refractivity contribution is -0.181. The molecule has 6 nitrogen and oxygen atoms in total.